The number of carboxylic acid groups (broad SMARTS) is 1. The van der Waals surface area contributed by atoms with Crippen LogP contribution in [0, 0.1) is 12.3 Å². The summed E-state index contributed by atoms with van der Waals surface area (Å²) in [6.45, 7) is 4.80. The molecule has 1 aliphatic rings. The monoisotopic (exact) mass is 316 g/mol. The lowest BCUT2D eigenvalue weighted by Gasteiger charge is -2.33. The van der Waals surface area contributed by atoms with Crippen LogP contribution >= 0.6 is 0 Å². The zero-order chi connectivity index (χ0) is 17.0. The van der Waals surface area contributed by atoms with E-state index in [0.29, 0.717) is 25.4 Å². The van der Waals surface area contributed by atoms with E-state index in [1.165, 1.54) is 0 Å². The van der Waals surface area contributed by atoms with Crippen LogP contribution in [0.4, 0.5) is 11.4 Å². The van der Waals surface area contributed by atoms with Gasteiger partial charge in [-0.15, -0.1) is 6.42 Å². The Morgan fingerprint density at radius 3 is 2.87 bits per heavy atom. The van der Waals surface area contributed by atoms with Gasteiger partial charge in [0.1, 0.15) is 5.75 Å². The predicted octanol–water partition coefficient (Wildman–Crippen LogP) is 1.73. The number of carbonyl (C=O) groups is 2. The SMILES string of the molecule is C#CCN(CCC(=O)O)c1ccc2c(c1)OC(C)C(=O)N2CC. The molecule has 0 fully saturated rings. The standard InChI is InChI=1S/C17H20N2O4/c1-4-9-18(10-8-16(20)21)13-6-7-14-15(11-13)23-12(3)17(22)19(14)5-2/h1,6-7,11-12H,5,8-10H2,2-3H3,(H,20,21). The van der Waals surface area contributed by atoms with Crippen LogP contribution in [0.2, 0.25) is 0 Å². The third-order valence-corrected chi connectivity index (χ3v) is 3.71. The van der Waals surface area contributed by atoms with Gasteiger partial charge in [0.15, 0.2) is 6.10 Å². The van der Waals surface area contributed by atoms with Crippen LogP contribution in [0.25, 0.3) is 0 Å². The van der Waals surface area contributed by atoms with Gasteiger partial charge in [-0.3, -0.25) is 9.59 Å². The highest BCUT2D eigenvalue weighted by atomic mass is 16.5. The highest BCUT2D eigenvalue weighted by Gasteiger charge is 2.30. The van der Waals surface area contributed by atoms with Crippen LogP contribution in [0.5, 0.6) is 5.75 Å². The van der Waals surface area contributed by atoms with Gasteiger partial charge in [0.2, 0.25) is 0 Å². The smallest absolute Gasteiger partial charge is 0.305 e. The van der Waals surface area contributed by atoms with E-state index in [1.54, 1.807) is 22.8 Å². The third-order valence-electron chi connectivity index (χ3n) is 3.71. The van der Waals surface area contributed by atoms with Crippen molar-refractivity contribution in [2.24, 2.45) is 0 Å². The molecule has 1 atom stereocenters. The molecule has 0 aromatic heterocycles. The molecule has 122 valence electrons. The normalized spacial score (nSPS) is 16.3. The minimum atomic E-state index is -0.877. The summed E-state index contributed by atoms with van der Waals surface area (Å²) < 4.78 is 5.68. The number of carboxylic acids is 1. The molecule has 6 heteroatoms. The molecule has 2 rings (SSSR count). The number of hydrogen-bond acceptors (Lipinski definition) is 4. The second-order valence-electron chi connectivity index (χ2n) is 5.26. The van der Waals surface area contributed by atoms with Gasteiger partial charge in [0.05, 0.1) is 18.7 Å². The number of amides is 1. The van der Waals surface area contributed by atoms with Crippen LogP contribution < -0.4 is 14.5 Å². The molecule has 0 spiro atoms. The number of hydrogen-bond donors (Lipinski definition) is 1. The van der Waals surface area contributed by atoms with Gasteiger partial charge in [0.25, 0.3) is 5.91 Å². The van der Waals surface area contributed by atoms with Crippen molar-refractivity contribution in [2.75, 3.05) is 29.4 Å². The molecule has 0 radical (unpaired) electrons. The van der Waals surface area contributed by atoms with Crippen LogP contribution in [-0.2, 0) is 9.59 Å². The summed E-state index contributed by atoms with van der Waals surface area (Å²) in [5.74, 6) is 2.19. The summed E-state index contributed by atoms with van der Waals surface area (Å²) in [5.41, 5.74) is 1.50. The second kappa shape index (κ2) is 7.05. The zero-order valence-corrected chi connectivity index (χ0v) is 13.3. The van der Waals surface area contributed by atoms with E-state index in [-0.39, 0.29) is 12.3 Å². The van der Waals surface area contributed by atoms with Crippen molar-refractivity contribution in [1.82, 2.24) is 0 Å². The molecule has 0 aliphatic carbocycles. The molecule has 1 heterocycles. The van der Waals surface area contributed by atoms with Crippen LogP contribution in [0.15, 0.2) is 18.2 Å². The number of likely N-dealkylation sites (N-methyl/N-ethyl adjacent to an activating group) is 1. The Morgan fingerprint density at radius 2 is 2.26 bits per heavy atom. The average molecular weight is 316 g/mol. The Kier molecular flexibility index (Phi) is 5.12. The first-order valence-corrected chi connectivity index (χ1v) is 7.50. The van der Waals surface area contributed by atoms with Gasteiger partial charge in [0, 0.05) is 24.8 Å². The van der Waals surface area contributed by atoms with Crippen LogP contribution in [-0.4, -0.2) is 42.7 Å². The molecule has 1 aromatic carbocycles. The van der Waals surface area contributed by atoms with Gasteiger partial charge >= 0.3 is 5.97 Å². The lowest BCUT2D eigenvalue weighted by molar-refractivity contribution is -0.136. The molecule has 1 unspecified atom stereocenters. The largest absolute Gasteiger partial charge is 0.481 e. The minimum Gasteiger partial charge on any atom is -0.481 e. The lowest BCUT2D eigenvalue weighted by atomic mass is 10.1. The van der Waals surface area contributed by atoms with Gasteiger partial charge < -0.3 is 19.6 Å². The van der Waals surface area contributed by atoms with Gasteiger partial charge in [-0.1, -0.05) is 5.92 Å². The number of benzene rings is 1. The molecule has 0 bridgehead atoms. The van der Waals surface area contributed by atoms with E-state index in [9.17, 15) is 9.59 Å². The number of anilines is 2. The third kappa shape index (κ3) is 3.57. The minimum absolute atomic E-state index is 0.00437. The Balaban J connectivity index is 2.31. The molecule has 0 saturated carbocycles. The molecule has 23 heavy (non-hydrogen) atoms. The van der Waals surface area contributed by atoms with E-state index in [4.69, 9.17) is 16.3 Å². The van der Waals surface area contributed by atoms with Gasteiger partial charge in [-0.2, -0.15) is 0 Å². The number of fused-ring (bicyclic) bond motifs is 1. The predicted molar refractivity (Wildman–Crippen MR) is 87.9 cm³/mol. The van der Waals surface area contributed by atoms with Crippen LogP contribution in [0.1, 0.15) is 20.3 Å². The lowest BCUT2D eigenvalue weighted by Crippen LogP contribution is -2.44. The quantitative estimate of drug-likeness (QED) is 0.810. The van der Waals surface area contributed by atoms with E-state index in [1.807, 2.05) is 19.1 Å². The van der Waals surface area contributed by atoms with Crippen LogP contribution in [0.3, 0.4) is 0 Å². The summed E-state index contributed by atoms with van der Waals surface area (Å²) in [5, 5.41) is 8.85. The summed E-state index contributed by atoms with van der Waals surface area (Å²) >= 11 is 0. The average Bonchev–Trinajstić information content (AvgIpc) is 2.52. The number of aliphatic carboxylic acids is 1. The number of carbonyl (C=O) groups excluding carboxylic acids is 1. The number of terminal acetylenes is 1. The maximum atomic E-state index is 12.1. The Morgan fingerprint density at radius 1 is 1.52 bits per heavy atom. The molecule has 0 saturated heterocycles. The number of rotatable bonds is 6. The molecule has 1 amide bonds. The fraction of sp³-hybridized carbons (Fsp3) is 0.412. The first-order valence-electron chi connectivity index (χ1n) is 7.50. The zero-order valence-electron chi connectivity index (χ0n) is 13.3. The Labute approximate surface area is 135 Å². The molecule has 1 aliphatic heterocycles. The van der Waals surface area contributed by atoms with Crippen molar-refractivity contribution in [3.63, 3.8) is 0 Å². The van der Waals surface area contributed by atoms with Crippen molar-refractivity contribution < 1.29 is 19.4 Å². The van der Waals surface area contributed by atoms with E-state index in [0.717, 1.165) is 11.4 Å². The van der Waals surface area contributed by atoms with Crippen molar-refractivity contribution in [1.29, 1.82) is 0 Å². The first kappa shape index (κ1) is 16.7. The summed E-state index contributed by atoms with van der Waals surface area (Å²) in [6, 6.07) is 5.44. The number of nitrogens with zero attached hydrogens (tertiary/aromatic N) is 2. The van der Waals surface area contributed by atoms with Crippen molar-refractivity contribution in [2.45, 2.75) is 26.4 Å². The van der Waals surface area contributed by atoms with Crippen molar-refractivity contribution >= 4 is 23.3 Å². The summed E-state index contributed by atoms with van der Waals surface area (Å²) in [7, 11) is 0. The van der Waals surface area contributed by atoms with E-state index in [2.05, 4.69) is 5.92 Å². The van der Waals surface area contributed by atoms with E-state index >= 15 is 0 Å². The Hall–Kier alpha value is -2.68. The Bertz CT molecular complexity index is 650. The molecular weight excluding hydrogens is 296 g/mol. The van der Waals surface area contributed by atoms with E-state index < -0.39 is 12.1 Å². The van der Waals surface area contributed by atoms with Gasteiger partial charge in [-0.25, -0.2) is 0 Å². The highest BCUT2D eigenvalue weighted by molar-refractivity contribution is 6.00. The highest BCUT2D eigenvalue weighted by Crippen LogP contribution is 2.37. The molecule has 1 N–H and O–H groups in total. The molecule has 1 aromatic rings. The fourth-order valence-electron chi connectivity index (χ4n) is 2.56. The molecule has 6 nitrogen and oxygen atoms in total. The number of ether oxygens (including phenoxy) is 1. The second-order valence-corrected chi connectivity index (χ2v) is 5.26. The van der Waals surface area contributed by atoms with Crippen molar-refractivity contribution in [3.8, 4) is 18.1 Å². The first-order chi connectivity index (χ1) is 11.0. The maximum Gasteiger partial charge on any atom is 0.305 e. The summed E-state index contributed by atoms with van der Waals surface area (Å²) in [4.78, 5) is 26.4. The molecular formula is C17H20N2O4. The topological polar surface area (TPSA) is 70.1 Å². The fourth-order valence-corrected chi connectivity index (χ4v) is 2.56. The summed E-state index contributed by atoms with van der Waals surface area (Å²) in [6.07, 6.45) is 4.82. The van der Waals surface area contributed by atoms with Crippen molar-refractivity contribution in [3.05, 3.63) is 18.2 Å². The maximum absolute atomic E-state index is 12.1. The van der Waals surface area contributed by atoms with Gasteiger partial charge in [-0.05, 0) is 26.0 Å².